The molecule has 0 aliphatic heterocycles. The normalized spacial score (nSPS) is 19.2. The predicted octanol–water partition coefficient (Wildman–Crippen LogP) is 9.03. The van der Waals surface area contributed by atoms with Gasteiger partial charge in [-0.1, -0.05) is 77.0 Å². The van der Waals surface area contributed by atoms with Crippen molar-refractivity contribution in [3.8, 4) is 22.9 Å². The molecule has 0 N–H and O–H groups in total. The molecule has 0 radical (unpaired) electrons. The minimum atomic E-state index is -0.385. The third-order valence-electron chi connectivity index (χ3n) is 7.55. The molecule has 0 heterocycles. The monoisotopic (exact) mass is 507 g/mol. The molecule has 0 unspecified atom stereocenters. The Balaban J connectivity index is 1.49. The molecule has 0 aromatic heterocycles. The van der Waals surface area contributed by atoms with Crippen molar-refractivity contribution in [1.82, 2.24) is 0 Å². The number of unbranched alkanes of at least 4 members (excludes halogenated alkanes) is 6. The van der Waals surface area contributed by atoms with Crippen LogP contribution in [0.25, 0.3) is 11.1 Å². The first-order valence-electron chi connectivity index (χ1n) is 14.2. The molecule has 2 aromatic rings. The molecule has 1 fully saturated rings. The number of carbonyl (C=O) groups is 1. The van der Waals surface area contributed by atoms with Crippen molar-refractivity contribution in [2.45, 2.75) is 103 Å². The molecule has 5 heteroatoms. The Bertz CT molecular complexity index is 1020. The Morgan fingerprint density at radius 1 is 0.946 bits per heavy atom. The Morgan fingerprint density at radius 3 is 2.24 bits per heavy atom. The van der Waals surface area contributed by atoms with Gasteiger partial charge in [0.2, 0.25) is 0 Å². The van der Waals surface area contributed by atoms with Crippen LogP contribution < -0.4 is 4.74 Å². The lowest BCUT2D eigenvalue weighted by Crippen LogP contribution is -2.31. The average molecular weight is 508 g/mol. The summed E-state index contributed by atoms with van der Waals surface area (Å²) in [7, 11) is 0. The molecule has 37 heavy (non-hydrogen) atoms. The van der Waals surface area contributed by atoms with Crippen molar-refractivity contribution in [2.24, 2.45) is 5.41 Å². The lowest BCUT2D eigenvalue weighted by molar-refractivity contribution is 0.0105. The standard InChI is InChI=1S/C32H42FNO3/c1-3-5-7-8-9-19-32(24-34)20-17-28(18-21-32)37-31(35)26-13-11-25(12-14-26)27-15-16-30(29(33)23-27)36-22-10-6-4-2/h11-16,23,28H,3-10,17-22H2,1-2H3. The summed E-state index contributed by atoms with van der Waals surface area (Å²) in [6.45, 7) is 4.84. The van der Waals surface area contributed by atoms with Gasteiger partial charge >= 0.3 is 5.97 Å². The minimum Gasteiger partial charge on any atom is -0.491 e. The van der Waals surface area contributed by atoms with Crippen molar-refractivity contribution >= 4 is 5.97 Å². The van der Waals surface area contributed by atoms with Crippen LogP contribution in [0.4, 0.5) is 4.39 Å². The summed E-state index contributed by atoms with van der Waals surface area (Å²) >= 11 is 0. The van der Waals surface area contributed by atoms with Crippen molar-refractivity contribution in [1.29, 1.82) is 5.26 Å². The number of hydrogen-bond donors (Lipinski definition) is 0. The van der Waals surface area contributed by atoms with Gasteiger partial charge in [0.1, 0.15) is 6.10 Å². The number of rotatable bonds is 14. The molecule has 0 bridgehead atoms. The van der Waals surface area contributed by atoms with Gasteiger partial charge in [0.25, 0.3) is 0 Å². The van der Waals surface area contributed by atoms with E-state index in [1.807, 2.05) is 18.2 Å². The van der Waals surface area contributed by atoms with Gasteiger partial charge in [0.15, 0.2) is 11.6 Å². The van der Waals surface area contributed by atoms with Gasteiger partial charge < -0.3 is 9.47 Å². The fourth-order valence-electron chi connectivity index (χ4n) is 5.10. The summed E-state index contributed by atoms with van der Waals surface area (Å²) in [5.74, 6) is -0.462. The number of benzene rings is 2. The highest BCUT2D eigenvalue weighted by Crippen LogP contribution is 2.41. The van der Waals surface area contributed by atoms with Crippen molar-refractivity contribution in [2.75, 3.05) is 6.61 Å². The SMILES string of the molecule is CCCCCCCC1(C#N)CCC(OC(=O)c2ccc(-c3ccc(OCCCCC)c(F)c3)cc2)CC1. The lowest BCUT2D eigenvalue weighted by Gasteiger charge is -2.34. The molecule has 1 saturated carbocycles. The van der Waals surface area contributed by atoms with E-state index in [1.54, 1.807) is 18.2 Å². The Hall–Kier alpha value is -2.87. The predicted molar refractivity (Wildman–Crippen MR) is 146 cm³/mol. The van der Waals surface area contributed by atoms with E-state index in [-0.39, 0.29) is 29.1 Å². The molecule has 3 rings (SSSR count). The fourth-order valence-corrected chi connectivity index (χ4v) is 5.10. The fraction of sp³-hybridized carbons (Fsp3) is 0.562. The third kappa shape index (κ3) is 8.59. The molecule has 1 aliphatic carbocycles. The summed E-state index contributed by atoms with van der Waals surface area (Å²) in [6, 6.07) is 14.6. The average Bonchev–Trinajstić information content (AvgIpc) is 2.93. The highest BCUT2D eigenvalue weighted by atomic mass is 19.1. The summed E-state index contributed by atoms with van der Waals surface area (Å²) in [6.07, 6.45) is 12.9. The number of nitrogens with zero attached hydrogens (tertiary/aromatic N) is 1. The first-order chi connectivity index (χ1) is 18.0. The zero-order valence-corrected chi connectivity index (χ0v) is 22.6. The Morgan fingerprint density at radius 2 is 1.59 bits per heavy atom. The number of ether oxygens (including phenoxy) is 2. The largest absolute Gasteiger partial charge is 0.491 e. The van der Waals surface area contributed by atoms with Gasteiger partial charge in [-0.2, -0.15) is 5.26 Å². The zero-order valence-electron chi connectivity index (χ0n) is 22.6. The first kappa shape index (κ1) is 28.7. The van der Waals surface area contributed by atoms with E-state index >= 15 is 0 Å². The summed E-state index contributed by atoms with van der Waals surface area (Å²) in [5, 5.41) is 9.81. The molecule has 4 nitrogen and oxygen atoms in total. The van der Waals surface area contributed by atoms with E-state index in [2.05, 4.69) is 19.9 Å². The van der Waals surface area contributed by atoms with E-state index in [0.717, 1.165) is 68.9 Å². The second-order valence-corrected chi connectivity index (χ2v) is 10.4. The highest BCUT2D eigenvalue weighted by molar-refractivity contribution is 5.90. The van der Waals surface area contributed by atoms with Crippen molar-refractivity contribution < 1.29 is 18.7 Å². The number of esters is 1. The molecular weight excluding hydrogens is 465 g/mol. The summed E-state index contributed by atoms with van der Waals surface area (Å²) in [4.78, 5) is 12.7. The van der Waals surface area contributed by atoms with E-state index in [9.17, 15) is 14.4 Å². The molecular formula is C32H42FNO3. The maximum absolute atomic E-state index is 14.5. The Labute approximate surface area is 222 Å². The van der Waals surface area contributed by atoms with Crippen LogP contribution in [-0.2, 0) is 4.74 Å². The van der Waals surface area contributed by atoms with Crippen LogP contribution in [0.2, 0.25) is 0 Å². The van der Waals surface area contributed by atoms with Crippen LogP contribution >= 0.6 is 0 Å². The van der Waals surface area contributed by atoms with Gasteiger partial charge in [-0.15, -0.1) is 0 Å². The molecule has 0 amide bonds. The van der Waals surface area contributed by atoms with E-state index < -0.39 is 0 Å². The molecule has 1 aliphatic rings. The van der Waals surface area contributed by atoms with Gasteiger partial charge in [-0.3, -0.25) is 0 Å². The Kier molecular flexibility index (Phi) is 11.5. The smallest absolute Gasteiger partial charge is 0.338 e. The van der Waals surface area contributed by atoms with Crippen molar-refractivity contribution in [3.63, 3.8) is 0 Å². The molecule has 200 valence electrons. The highest BCUT2D eigenvalue weighted by Gasteiger charge is 2.36. The van der Waals surface area contributed by atoms with Gasteiger partial charge in [0.05, 0.1) is 23.7 Å². The van der Waals surface area contributed by atoms with Gasteiger partial charge in [-0.25, -0.2) is 9.18 Å². The maximum Gasteiger partial charge on any atom is 0.338 e. The van der Waals surface area contributed by atoms with Crippen LogP contribution in [0.15, 0.2) is 42.5 Å². The number of carbonyl (C=O) groups excluding carboxylic acids is 1. The molecule has 0 saturated heterocycles. The maximum atomic E-state index is 14.5. The van der Waals surface area contributed by atoms with Gasteiger partial charge in [-0.05, 0) is 73.9 Å². The second kappa shape index (κ2) is 14.8. The molecule has 0 atom stereocenters. The topological polar surface area (TPSA) is 59.3 Å². The van der Waals surface area contributed by atoms with Crippen LogP contribution in [0.1, 0.15) is 108 Å². The second-order valence-electron chi connectivity index (χ2n) is 10.4. The van der Waals surface area contributed by atoms with Gasteiger partial charge in [0, 0.05) is 0 Å². The van der Waals surface area contributed by atoms with Crippen LogP contribution in [0.5, 0.6) is 5.75 Å². The number of halogens is 1. The third-order valence-corrected chi connectivity index (χ3v) is 7.55. The summed E-state index contributed by atoms with van der Waals surface area (Å²) in [5.41, 5.74) is 1.77. The van der Waals surface area contributed by atoms with E-state index in [0.29, 0.717) is 12.2 Å². The number of nitriles is 1. The minimum absolute atomic E-state index is 0.146. The zero-order chi connectivity index (χ0) is 26.5. The number of hydrogen-bond acceptors (Lipinski definition) is 4. The van der Waals surface area contributed by atoms with Crippen molar-refractivity contribution in [3.05, 3.63) is 53.8 Å². The van der Waals surface area contributed by atoms with Crippen LogP contribution in [-0.4, -0.2) is 18.7 Å². The quantitative estimate of drug-likeness (QED) is 0.189. The molecule has 2 aromatic carbocycles. The van der Waals surface area contributed by atoms with E-state index in [4.69, 9.17) is 9.47 Å². The lowest BCUT2D eigenvalue weighted by atomic mass is 9.71. The first-order valence-corrected chi connectivity index (χ1v) is 14.2. The molecule has 0 spiro atoms. The van der Waals surface area contributed by atoms with E-state index in [1.165, 1.54) is 31.7 Å². The van der Waals surface area contributed by atoms with Crippen LogP contribution in [0, 0.1) is 22.6 Å². The summed E-state index contributed by atoms with van der Waals surface area (Å²) < 4.78 is 25.8. The van der Waals surface area contributed by atoms with Crippen LogP contribution in [0.3, 0.4) is 0 Å².